The first-order chi connectivity index (χ1) is 11.3. The molecule has 3 aromatic rings. The van der Waals surface area contributed by atoms with Crippen molar-refractivity contribution >= 4 is 5.82 Å². The van der Waals surface area contributed by atoms with Crippen LogP contribution in [0.1, 0.15) is 22.4 Å². The fourth-order valence-corrected chi connectivity index (χ4v) is 3.04. The number of nitrogens with zero attached hydrogens (tertiary/aromatic N) is 3. The van der Waals surface area contributed by atoms with Gasteiger partial charge in [0.25, 0.3) is 0 Å². The molecule has 2 aromatic carbocycles. The largest absolute Gasteiger partial charge is 0.369 e. The summed E-state index contributed by atoms with van der Waals surface area (Å²) in [7, 11) is 0. The molecule has 0 amide bonds. The molecule has 0 saturated carbocycles. The first-order valence-electron chi connectivity index (χ1n) is 7.74. The second-order valence-corrected chi connectivity index (χ2v) is 5.68. The third kappa shape index (κ3) is 2.47. The number of rotatable bonds is 3. The van der Waals surface area contributed by atoms with Crippen molar-refractivity contribution in [2.24, 2.45) is 0 Å². The zero-order valence-corrected chi connectivity index (χ0v) is 12.7. The SMILES string of the molecule is N#Cc1ccc(-n2nc(Cc3ccccc3)c3c2NCC3)cc1. The number of anilines is 1. The van der Waals surface area contributed by atoms with Gasteiger partial charge in [-0.15, -0.1) is 0 Å². The Balaban J connectivity index is 1.74. The van der Waals surface area contributed by atoms with Crippen LogP contribution in [-0.4, -0.2) is 16.3 Å². The molecule has 1 aliphatic heterocycles. The van der Waals surface area contributed by atoms with Crippen molar-refractivity contribution in [2.75, 3.05) is 11.9 Å². The van der Waals surface area contributed by atoms with E-state index in [4.69, 9.17) is 10.4 Å². The number of nitriles is 1. The third-order valence-electron chi connectivity index (χ3n) is 4.19. The Morgan fingerprint density at radius 2 is 1.87 bits per heavy atom. The van der Waals surface area contributed by atoms with Crippen LogP contribution in [0.3, 0.4) is 0 Å². The maximum atomic E-state index is 8.94. The van der Waals surface area contributed by atoms with Crippen LogP contribution in [0, 0.1) is 11.3 Å². The van der Waals surface area contributed by atoms with E-state index in [9.17, 15) is 0 Å². The van der Waals surface area contributed by atoms with Gasteiger partial charge in [0.1, 0.15) is 5.82 Å². The maximum Gasteiger partial charge on any atom is 0.133 e. The Hall–Kier alpha value is -3.06. The van der Waals surface area contributed by atoms with Crippen molar-refractivity contribution in [3.05, 3.63) is 77.0 Å². The van der Waals surface area contributed by atoms with Crippen LogP contribution >= 0.6 is 0 Å². The van der Waals surface area contributed by atoms with Crippen molar-refractivity contribution in [1.29, 1.82) is 5.26 Å². The molecule has 0 atom stereocenters. The highest BCUT2D eigenvalue weighted by Crippen LogP contribution is 2.30. The van der Waals surface area contributed by atoms with Gasteiger partial charge in [-0.3, -0.25) is 0 Å². The maximum absolute atomic E-state index is 8.94. The lowest BCUT2D eigenvalue weighted by Gasteiger charge is -2.06. The second-order valence-electron chi connectivity index (χ2n) is 5.68. The van der Waals surface area contributed by atoms with Crippen LogP contribution < -0.4 is 5.32 Å². The molecule has 0 fully saturated rings. The van der Waals surface area contributed by atoms with Crippen LogP contribution in [0.4, 0.5) is 5.82 Å². The highest BCUT2D eigenvalue weighted by atomic mass is 15.3. The molecule has 4 heteroatoms. The van der Waals surface area contributed by atoms with Crippen LogP contribution in [0.2, 0.25) is 0 Å². The summed E-state index contributed by atoms with van der Waals surface area (Å²) in [5.41, 5.74) is 5.34. The van der Waals surface area contributed by atoms with E-state index in [1.165, 1.54) is 11.1 Å². The minimum atomic E-state index is 0.662. The normalized spacial score (nSPS) is 12.5. The summed E-state index contributed by atoms with van der Waals surface area (Å²) in [6.45, 7) is 0.950. The quantitative estimate of drug-likeness (QED) is 0.807. The summed E-state index contributed by atoms with van der Waals surface area (Å²) < 4.78 is 1.96. The molecule has 112 valence electrons. The van der Waals surface area contributed by atoms with E-state index >= 15 is 0 Å². The molecular formula is C19H16N4. The molecule has 1 aromatic heterocycles. The van der Waals surface area contributed by atoms with Crippen molar-refractivity contribution in [3.63, 3.8) is 0 Å². The lowest BCUT2D eigenvalue weighted by Crippen LogP contribution is -2.05. The van der Waals surface area contributed by atoms with Crippen LogP contribution in [0.15, 0.2) is 54.6 Å². The lowest BCUT2D eigenvalue weighted by atomic mass is 10.1. The number of benzene rings is 2. The van der Waals surface area contributed by atoms with E-state index in [0.717, 1.165) is 36.6 Å². The predicted octanol–water partition coefficient (Wildman–Crippen LogP) is 3.30. The predicted molar refractivity (Wildman–Crippen MR) is 89.7 cm³/mol. The fourth-order valence-electron chi connectivity index (χ4n) is 3.04. The number of hydrogen-bond acceptors (Lipinski definition) is 3. The van der Waals surface area contributed by atoms with Gasteiger partial charge in [0.15, 0.2) is 0 Å². The van der Waals surface area contributed by atoms with Crippen molar-refractivity contribution in [1.82, 2.24) is 9.78 Å². The van der Waals surface area contributed by atoms with Gasteiger partial charge in [-0.1, -0.05) is 30.3 Å². The smallest absolute Gasteiger partial charge is 0.133 e. The molecule has 0 aliphatic carbocycles. The van der Waals surface area contributed by atoms with Gasteiger partial charge in [0.2, 0.25) is 0 Å². The minimum Gasteiger partial charge on any atom is -0.369 e. The Morgan fingerprint density at radius 1 is 1.09 bits per heavy atom. The number of aromatic nitrogens is 2. The van der Waals surface area contributed by atoms with E-state index in [1.807, 2.05) is 35.0 Å². The molecule has 23 heavy (non-hydrogen) atoms. The van der Waals surface area contributed by atoms with E-state index in [1.54, 1.807) is 0 Å². The van der Waals surface area contributed by atoms with E-state index in [2.05, 4.69) is 35.7 Å². The van der Waals surface area contributed by atoms with E-state index in [0.29, 0.717) is 5.56 Å². The Morgan fingerprint density at radius 3 is 2.61 bits per heavy atom. The fraction of sp³-hybridized carbons (Fsp3) is 0.158. The highest BCUT2D eigenvalue weighted by Gasteiger charge is 2.22. The molecule has 2 heterocycles. The number of fused-ring (bicyclic) bond motifs is 1. The van der Waals surface area contributed by atoms with Gasteiger partial charge in [-0.25, -0.2) is 4.68 Å². The molecule has 0 radical (unpaired) electrons. The summed E-state index contributed by atoms with van der Waals surface area (Å²) in [6.07, 6.45) is 1.85. The highest BCUT2D eigenvalue weighted by molar-refractivity contribution is 5.58. The Bertz CT molecular complexity index is 870. The lowest BCUT2D eigenvalue weighted by molar-refractivity contribution is 0.840. The average molecular weight is 300 g/mol. The Labute approximate surface area is 135 Å². The first kappa shape index (κ1) is 13.6. The van der Waals surface area contributed by atoms with Gasteiger partial charge >= 0.3 is 0 Å². The monoisotopic (exact) mass is 300 g/mol. The molecule has 0 bridgehead atoms. The average Bonchev–Trinajstić information content (AvgIpc) is 3.20. The van der Waals surface area contributed by atoms with Crippen molar-refractivity contribution in [2.45, 2.75) is 12.8 Å². The molecule has 0 spiro atoms. The third-order valence-corrected chi connectivity index (χ3v) is 4.19. The molecule has 1 aliphatic rings. The van der Waals surface area contributed by atoms with Crippen molar-refractivity contribution < 1.29 is 0 Å². The van der Waals surface area contributed by atoms with Crippen LogP contribution in [-0.2, 0) is 12.8 Å². The zero-order valence-electron chi connectivity index (χ0n) is 12.7. The summed E-state index contributed by atoms with van der Waals surface area (Å²) in [5.74, 6) is 1.08. The van der Waals surface area contributed by atoms with Gasteiger partial charge in [-0.2, -0.15) is 10.4 Å². The second kappa shape index (κ2) is 5.62. The summed E-state index contributed by atoms with van der Waals surface area (Å²) >= 11 is 0. The van der Waals surface area contributed by atoms with Gasteiger partial charge < -0.3 is 5.32 Å². The molecule has 0 unspecified atom stereocenters. The first-order valence-corrected chi connectivity index (χ1v) is 7.74. The van der Waals surface area contributed by atoms with Crippen molar-refractivity contribution in [3.8, 4) is 11.8 Å². The van der Waals surface area contributed by atoms with E-state index in [-0.39, 0.29) is 0 Å². The Kier molecular flexibility index (Phi) is 3.32. The summed E-state index contributed by atoms with van der Waals surface area (Å²) in [6, 6.07) is 20.1. The zero-order chi connectivity index (χ0) is 15.6. The number of hydrogen-bond donors (Lipinski definition) is 1. The van der Waals surface area contributed by atoms with Gasteiger partial charge in [-0.05, 0) is 36.2 Å². The summed E-state index contributed by atoms with van der Waals surface area (Å²) in [4.78, 5) is 0. The van der Waals surface area contributed by atoms with Crippen LogP contribution in [0.25, 0.3) is 5.69 Å². The van der Waals surface area contributed by atoms with Gasteiger partial charge in [0.05, 0.1) is 23.0 Å². The number of nitrogens with one attached hydrogen (secondary N) is 1. The summed E-state index contributed by atoms with van der Waals surface area (Å²) in [5, 5.41) is 17.2. The molecular weight excluding hydrogens is 284 g/mol. The van der Waals surface area contributed by atoms with Crippen LogP contribution in [0.5, 0.6) is 0 Å². The standard InChI is InChI=1S/C19H16N4/c20-13-15-6-8-16(9-7-15)23-19-17(10-11-21-19)18(22-23)12-14-4-2-1-3-5-14/h1-9,21H,10-12H2. The molecule has 4 rings (SSSR count). The molecule has 4 nitrogen and oxygen atoms in total. The van der Waals surface area contributed by atoms with Gasteiger partial charge in [0, 0.05) is 18.5 Å². The molecule has 1 N–H and O–H groups in total. The topological polar surface area (TPSA) is 53.6 Å². The minimum absolute atomic E-state index is 0.662. The molecule has 0 saturated heterocycles. The van der Waals surface area contributed by atoms with E-state index < -0.39 is 0 Å².